The van der Waals surface area contributed by atoms with Crippen LogP contribution < -0.4 is 10.9 Å². The number of hydrazone groups is 2. The van der Waals surface area contributed by atoms with Crippen LogP contribution >= 0.6 is 0 Å². The first-order valence-electron chi connectivity index (χ1n) is 12.6. The third kappa shape index (κ3) is 4.48. The molecule has 2 heterocycles. The Bertz CT molecular complexity index is 1580. The lowest BCUT2D eigenvalue weighted by atomic mass is 9.80. The summed E-state index contributed by atoms with van der Waals surface area (Å²) in [6, 6.07) is 38.7. The van der Waals surface area contributed by atoms with Crippen molar-refractivity contribution in [3.05, 3.63) is 144 Å². The molecule has 186 valence electrons. The minimum atomic E-state index is -0.607. The second kappa shape index (κ2) is 10.2. The summed E-state index contributed by atoms with van der Waals surface area (Å²) < 4.78 is 2.20. The highest BCUT2D eigenvalue weighted by Gasteiger charge is 2.41. The molecule has 2 N–H and O–H groups in total. The van der Waals surface area contributed by atoms with Gasteiger partial charge in [-0.1, -0.05) is 109 Å². The highest BCUT2D eigenvalue weighted by Crippen LogP contribution is 2.36. The van der Waals surface area contributed by atoms with E-state index >= 15 is 0 Å². The fraction of sp³-hybridized carbons (Fsp3) is 0.0938. The van der Waals surface area contributed by atoms with Gasteiger partial charge in [-0.15, -0.1) is 0 Å². The molecule has 38 heavy (non-hydrogen) atoms. The summed E-state index contributed by atoms with van der Waals surface area (Å²) in [4.78, 5) is 13.1. The molecule has 5 aromatic rings. The van der Waals surface area contributed by atoms with Gasteiger partial charge in [0.2, 0.25) is 0 Å². The second-order valence-corrected chi connectivity index (χ2v) is 9.40. The molecule has 1 amide bonds. The number of benzene rings is 4. The van der Waals surface area contributed by atoms with E-state index in [4.69, 9.17) is 0 Å². The average molecular weight is 498 g/mol. The van der Waals surface area contributed by atoms with E-state index in [0.29, 0.717) is 12.1 Å². The van der Waals surface area contributed by atoms with Crippen molar-refractivity contribution in [3.63, 3.8) is 0 Å². The van der Waals surface area contributed by atoms with Crippen LogP contribution in [0.3, 0.4) is 0 Å². The molecule has 0 unspecified atom stereocenters. The summed E-state index contributed by atoms with van der Waals surface area (Å²) >= 11 is 0. The van der Waals surface area contributed by atoms with Gasteiger partial charge in [-0.3, -0.25) is 10.2 Å². The van der Waals surface area contributed by atoms with Crippen LogP contribution in [0, 0.1) is 0 Å². The number of para-hydroxylation sites is 1. The molecule has 1 aromatic heterocycles. The number of fused-ring (bicyclic) bond motifs is 1. The minimum absolute atomic E-state index is 0.324. The summed E-state index contributed by atoms with van der Waals surface area (Å²) in [6.45, 7) is 0.755. The highest BCUT2D eigenvalue weighted by atomic mass is 16.2. The monoisotopic (exact) mass is 497 g/mol. The molecule has 0 aliphatic carbocycles. The average Bonchev–Trinajstić information content (AvgIpc) is 3.58. The molecule has 0 atom stereocenters. The number of nitrogens with one attached hydrogen (secondary N) is 2. The Kier molecular flexibility index (Phi) is 6.28. The lowest BCUT2D eigenvalue weighted by Crippen LogP contribution is -2.38. The zero-order valence-corrected chi connectivity index (χ0v) is 20.8. The van der Waals surface area contributed by atoms with Crippen molar-refractivity contribution >= 4 is 28.7 Å². The van der Waals surface area contributed by atoms with Crippen molar-refractivity contribution in [1.82, 2.24) is 15.4 Å². The predicted molar refractivity (Wildman–Crippen MR) is 152 cm³/mol. The maximum atomic E-state index is 13.1. The van der Waals surface area contributed by atoms with Gasteiger partial charge in [-0.2, -0.15) is 10.2 Å². The first kappa shape index (κ1) is 23.4. The van der Waals surface area contributed by atoms with Crippen LogP contribution in [0.1, 0.15) is 28.7 Å². The van der Waals surface area contributed by atoms with Crippen LogP contribution in [0.25, 0.3) is 10.9 Å². The van der Waals surface area contributed by atoms with E-state index in [-0.39, 0.29) is 5.91 Å². The van der Waals surface area contributed by atoms with Crippen molar-refractivity contribution in [3.8, 4) is 0 Å². The quantitative estimate of drug-likeness (QED) is 0.232. The molecule has 1 aliphatic rings. The van der Waals surface area contributed by atoms with Gasteiger partial charge in [0.15, 0.2) is 0 Å². The van der Waals surface area contributed by atoms with E-state index in [1.54, 1.807) is 6.21 Å². The Hall–Kier alpha value is -4.97. The topological polar surface area (TPSA) is 70.8 Å². The molecule has 1 aliphatic heterocycles. The third-order valence-electron chi connectivity index (χ3n) is 6.99. The van der Waals surface area contributed by atoms with Crippen LogP contribution in [-0.2, 0) is 16.9 Å². The van der Waals surface area contributed by atoms with E-state index in [1.807, 2.05) is 66.7 Å². The van der Waals surface area contributed by atoms with Crippen molar-refractivity contribution in [2.45, 2.75) is 18.5 Å². The number of hydrogen-bond donors (Lipinski definition) is 2. The summed E-state index contributed by atoms with van der Waals surface area (Å²) in [5.41, 5.74) is 11.1. The van der Waals surface area contributed by atoms with Crippen molar-refractivity contribution in [1.29, 1.82) is 0 Å². The fourth-order valence-electron chi connectivity index (χ4n) is 5.08. The van der Waals surface area contributed by atoms with Crippen LogP contribution in [0.2, 0.25) is 0 Å². The molecule has 0 bridgehead atoms. The lowest BCUT2D eigenvalue weighted by molar-refractivity contribution is -0.114. The van der Waals surface area contributed by atoms with Crippen LogP contribution in [0.15, 0.2) is 132 Å². The van der Waals surface area contributed by atoms with Gasteiger partial charge < -0.3 is 4.57 Å². The van der Waals surface area contributed by atoms with Crippen LogP contribution in [0.5, 0.6) is 0 Å². The molecular weight excluding hydrogens is 470 g/mol. The predicted octanol–water partition coefficient (Wildman–Crippen LogP) is 5.43. The zero-order valence-electron chi connectivity index (χ0n) is 20.8. The van der Waals surface area contributed by atoms with Gasteiger partial charge in [-0.05, 0) is 22.8 Å². The molecule has 6 nitrogen and oxygen atoms in total. The van der Waals surface area contributed by atoms with Gasteiger partial charge in [0.25, 0.3) is 5.91 Å². The number of nitrogens with zero attached hydrogens (tertiary/aromatic N) is 3. The summed E-state index contributed by atoms with van der Waals surface area (Å²) in [5.74, 6) is -0.324. The van der Waals surface area contributed by atoms with E-state index in [9.17, 15) is 4.79 Å². The maximum Gasteiger partial charge on any atom is 0.287 e. The largest absolute Gasteiger partial charge is 0.342 e. The van der Waals surface area contributed by atoms with Crippen molar-refractivity contribution < 1.29 is 4.79 Å². The normalized spacial score (nSPS) is 14.4. The smallest absolute Gasteiger partial charge is 0.287 e. The molecule has 0 saturated carbocycles. The van der Waals surface area contributed by atoms with E-state index < -0.39 is 5.54 Å². The number of amides is 1. The standard InChI is InChI=1S/C32H27N5O/c38-31(29-20-32(36-34-29,26-14-6-2-7-15-26)27-16-8-3-9-17-27)35-33-21-25-23-37(22-24-12-4-1-5-13-24)30-19-11-10-18-28(25)30/h1-19,21,23,36H,20,22H2,(H,35,38)/b33-21+. The lowest BCUT2D eigenvalue weighted by Gasteiger charge is -2.30. The molecule has 0 fully saturated rings. The Labute approximate surface area is 221 Å². The number of carbonyl (C=O) groups is 1. The summed E-state index contributed by atoms with van der Waals surface area (Å²) in [7, 11) is 0. The van der Waals surface area contributed by atoms with Crippen LogP contribution in [-0.4, -0.2) is 22.4 Å². The second-order valence-electron chi connectivity index (χ2n) is 9.40. The zero-order chi connectivity index (χ0) is 25.8. The van der Waals surface area contributed by atoms with Gasteiger partial charge >= 0.3 is 0 Å². The van der Waals surface area contributed by atoms with Gasteiger partial charge in [0, 0.05) is 35.6 Å². The first-order valence-corrected chi connectivity index (χ1v) is 12.6. The number of aromatic nitrogens is 1. The summed E-state index contributed by atoms with van der Waals surface area (Å²) in [5, 5.41) is 9.83. The first-order chi connectivity index (χ1) is 18.7. The highest BCUT2D eigenvalue weighted by molar-refractivity contribution is 6.39. The molecule has 0 saturated heterocycles. The molecule has 0 spiro atoms. The number of hydrogen-bond acceptors (Lipinski definition) is 4. The SMILES string of the molecule is O=C(N/N=C/c1cn(Cc2ccccc2)c2ccccc12)C1=NNC(c2ccccc2)(c2ccccc2)C1. The fourth-order valence-corrected chi connectivity index (χ4v) is 5.08. The van der Waals surface area contributed by atoms with Gasteiger partial charge in [-0.25, -0.2) is 5.43 Å². The number of rotatable bonds is 7. The Morgan fingerprint density at radius 2 is 1.47 bits per heavy atom. The Balaban J connectivity index is 1.20. The van der Waals surface area contributed by atoms with E-state index in [1.165, 1.54) is 5.56 Å². The van der Waals surface area contributed by atoms with Crippen molar-refractivity contribution in [2.75, 3.05) is 0 Å². The maximum absolute atomic E-state index is 13.1. The number of carbonyl (C=O) groups excluding carboxylic acids is 1. The minimum Gasteiger partial charge on any atom is -0.342 e. The molecule has 6 heteroatoms. The van der Waals surface area contributed by atoms with E-state index in [2.05, 4.69) is 80.3 Å². The summed E-state index contributed by atoms with van der Waals surface area (Å²) in [6.07, 6.45) is 4.18. The molecule has 4 aromatic carbocycles. The molecular formula is C32H27N5O. The third-order valence-corrected chi connectivity index (χ3v) is 6.99. The van der Waals surface area contributed by atoms with Crippen molar-refractivity contribution in [2.24, 2.45) is 10.2 Å². The van der Waals surface area contributed by atoms with Gasteiger partial charge in [0.1, 0.15) is 11.3 Å². The Morgan fingerprint density at radius 3 is 2.16 bits per heavy atom. The molecule has 0 radical (unpaired) electrons. The Morgan fingerprint density at radius 1 is 0.868 bits per heavy atom. The molecule has 6 rings (SSSR count). The van der Waals surface area contributed by atoms with Gasteiger partial charge in [0.05, 0.1) is 6.21 Å². The van der Waals surface area contributed by atoms with Crippen LogP contribution in [0.4, 0.5) is 0 Å². The van der Waals surface area contributed by atoms with E-state index in [0.717, 1.165) is 34.1 Å².